The van der Waals surface area contributed by atoms with Crippen LogP contribution in [0.15, 0.2) is 52.3 Å². The first kappa shape index (κ1) is 13.6. The summed E-state index contributed by atoms with van der Waals surface area (Å²) in [5, 5.41) is 9.51. The molecule has 0 saturated heterocycles. The number of hydrogen-bond acceptors (Lipinski definition) is 4. The number of hydrogen-bond donors (Lipinski definition) is 1. The summed E-state index contributed by atoms with van der Waals surface area (Å²) < 4.78 is 4.41. The number of urea groups is 1. The van der Waals surface area contributed by atoms with Crippen molar-refractivity contribution in [2.45, 2.75) is 6.92 Å². The number of anilines is 1. The number of esters is 1. The van der Waals surface area contributed by atoms with E-state index in [0.29, 0.717) is 5.69 Å². The van der Waals surface area contributed by atoms with Gasteiger partial charge in [-0.2, -0.15) is 5.11 Å². The molecular weight excluding hydrogens is 234 g/mol. The van der Waals surface area contributed by atoms with Gasteiger partial charge in [0.2, 0.25) is 0 Å². The zero-order valence-electron chi connectivity index (χ0n) is 10.1. The predicted octanol–water partition coefficient (Wildman–Crippen LogP) is 2.75. The predicted molar refractivity (Wildman–Crippen MR) is 66.1 cm³/mol. The number of ether oxygens (including phenoxy) is 1. The molecule has 18 heavy (non-hydrogen) atoms. The monoisotopic (exact) mass is 247 g/mol. The van der Waals surface area contributed by atoms with Crippen LogP contribution < -0.4 is 5.32 Å². The maximum absolute atomic E-state index is 11.4. The second kappa shape index (κ2) is 6.95. The summed E-state index contributed by atoms with van der Waals surface area (Å²) in [5.74, 6) is -0.546. The van der Waals surface area contributed by atoms with E-state index >= 15 is 0 Å². The maximum Gasteiger partial charge on any atom is 0.364 e. The molecule has 0 aliphatic rings. The topological polar surface area (TPSA) is 80.1 Å². The lowest BCUT2D eigenvalue weighted by Crippen LogP contribution is -2.05. The van der Waals surface area contributed by atoms with Crippen molar-refractivity contribution in [3.63, 3.8) is 0 Å². The molecule has 0 bridgehead atoms. The smallest absolute Gasteiger partial charge is 0.364 e. The molecule has 1 rings (SSSR count). The van der Waals surface area contributed by atoms with Gasteiger partial charge in [-0.1, -0.05) is 23.3 Å². The Hall–Kier alpha value is -2.50. The zero-order valence-corrected chi connectivity index (χ0v) is 10.1. The lowest BCUT2D eigenvalue weighted by atomic mass is 10.3. The average Bonchev–Trinajstić information content (AvgIpc) is 2.37. The number of carbonyl (C=O) groups excluding carboxylic acids is 2. The Bertz CT molecular complexity index is 481. The van der Waals surface area contributed by atoms with Crippen molar-refractivity contribution in [1.29, 1.82) is 0 Å². The van der Waals surface area contributed by atoms with Gasteiger partial charge in [0.1, 0.15) is 0 Å². The van der Waals surface area contributed by atoms with Gasteiger partial charge < -0.3 is 10.1 Å². The molecule has 0 aromatic heterocycles. The number of amides is 2. The van der Waals surface area contributed by atoms with Crippen LogP contribution in [-0.2, 0) is 9.53 Å². The Morgan fingerprint density at radius 2 is 1.89 bits per heavy atom. The number of para-hydroxylation sites is 1. The molecule has 2 amide bonds. The van der Waals surface area contributed by atoms with Crippen molar-refractivity contribution in [2.75, 3.05) is 12.4 Å². The van der Waals surface area contributed by atoms with E-state index in [-0.39, 0.29) is 5.70 Å². The number of rotatable bonds is 3. The Labute approximate surface area is 104 Å². The molecule has 94 valence electrons. The molecule has 0 unspecified atom stereocenters. The molecule has 0 atom stereocenters. The quantitative estimate of drug-likeness (QED) is 0.506. The van der Waals surface area contributed by atoms with Crippen molar-refractivity contribution in [1.82, 2.24) is 0 Å². The highest BCUT2D eigenvalue weighted by molar-refractivity contribution is 5.89. The van der Waals surface area contributed by atoms with Gasteiger partial charge in [-0.25, -0.2) is 9.59 Å². The van der Waals surface area contributed by atoms with Crippen LogP contribution in [0.3, 0.4) is 0 Å². The zero-order chi connectivity index (χ0) is 13.4. The molecule has 0 spiro atoms. The molecule has 0 heterocycles. The second-order valence-corrected chi connectivity index (χ2v) is 3.31. The van der Waals surface area contributed by atoms with Crippen LogP contribution in [0.5, 0.6) is 0 Å². The third-order valence-electron chi connectivity index (χ3n) is 1.85. The molecule has 1 aromatic carbocycles. The summed E-state index contributed by atoms with van der Waals surface area (Å²) in [6.07, 6.45) is 1.14. The third-order valence-corrected chi connectivity index (χ3v) is 1.85. The maximum atomic E-state index is 11.4. The van der Waals surface area contributed by atoms with E-state index < -0.39 is 12.0 Å². The van der Waals surface area contributed by atoms with Crippen LogP contribution in [0.1, 0.15) is 6.92 Å². The molecule has 0 aliphatic heterocycles. The lowest BCUT2D eigenvalue weighted by molar-refractivity contribution is -0.134. The van der Waals surface area contributed by atoms with Crippen LogP contribution in [0.25, 0.3) is 0 Å². The van der Waals surface area contributed by atoms with Crippen LogP contribution >= 0.6 is 0 Å². The Morgan fingerprint density at radius 1 is 1.22 bits per heavy atom. The fourth-order valence-electron chi connectivity index (χ4n) is 1.05. The SMILES string of the molecule is COC(=O)/C=C(\C)N=NC(=O)Nc1ccccc1. The third kappa shape index (κ3) is 5.02. The molecule has 1 N–H and O–H groups in total. The molecule has 6 heteroatoms. The highest BCUT2D eigenvalue weighted by atomic mass is 16.5. The van der Waals surface area contributed by atoms with Gasteiger partial charge >= 0.3 is 12.0 Å². The number of methoxy groups -OCH3 is 1. The molecule has 0 aliphatic carbocycles. The van der Waals surface area contributed by atoms with Crippen LogP contribution in [0.4, 0.5) is 10.5 Å². The standard InChI is InChI=1S/C12H13N3O3/c1-9(8-11(16)18-2)14-15-12(17)13-10-6-4-3-5-7-10/h3-8H,1-2H3,(H,13,17)/b9-8+,15-14?. The van der Waals surface area contributed by atoms with Crippen molar-refractivity contribution >= 4 is 17.7 Å². The summed E-state index contributed by atoms with van der Waals surface area (Å²) in [4.78, 5) is 22.2. The van der Waals surface area contributed by atoms with Crippen LogP contribution in [0.2, 0.25) is 0 Å². The van der Waals surface area contributed by atoms with Gasteiger partial charge in [-0.05, 0) is 19.1 Å². The minimum absolute atomic E-state index is 0.282. The van der Waals surface area contributed by atoms with Gasteiger partial charge in [0, 0.05) is 11.8 Å². The first-order valence-electron chi connectivity index (χ1n) is 5.16. The summed E-state index contributed by atoms with van der Waals surface area (Å²) in [7, 11) is 1.26. The average molecular weight is 247 g/mol. The highest BCUT2D eigenvalue weighted by Crippen LogP contribution is 2.06. The van der Waals surface area contributed by atoms with Gasteiger partial charge in [0.15, 0.2) is 0 Å². The molecular formula is C12H13N3O3. The molecule has 0 saturated carbocycles. The number of carbonyl (C=O) groups is 2. The lowest BCUT2D eigenvalue weighted by Gasteiger charge is -1.98. The fourth-order valence-corrected chi connectivity index (χ4v) is 1.05. The van der Waals surface area contributed by atoms with E-state index in [1.807, 2.05) is 6.07 Å². The Morgan fingerprint density at radius 3 is 2.50 bits per heavy atom. The van der Waals surface area contributed by atoms with Crippen molar-refractivity contribution < 1.29 is 14.3 Å². The van der Waals surface area contributed by atoms with Crippen LogP contribution in [-0.4, -0.2) is 19.1 Å². The molecule has 0 radical (unpaired) electrons. The minimum Gasteiger partial charge on any atom is -0.466 e. The van der Waals surface area contributed by atoms with Gasteiger partial charge in [-0.15, -0.1) is 0 Å². The van der Waals surface area contributed by atoms with E-state index in [1.54, 1.807) is 24.3 Å². The Kier molecular flexibility index (Phi) is 5.24. The van der Waals surface area contributed by atoms with Crippen molar-refractivity contribution in [3.8, 4) is 0 Å². The molecule has 0 fully saturated rings. The van der Waals surface area contributed by atoms with Gasteiger partial charge in [0.25, 0.3) is 0 Å². The number of nitrogens with one attached hydrogen (secondary N) is 1. The van der Waals surface area contributed by atoms with Crippen molar-refractivity contribution in [3.05, 3.63) is 42.1 Å². The second-order valence-electron chi connectivity index (χ2n) is 3.31. The fraction of sp³-hybridized carbons (Fsp3) is 0.167. The highest BCUT2D eigenvalue weighted by Gasteiger charge is 1.99. The van der Waals surface area contributed by atoms with E-state index in [1.165, 1.54) is 14.0 Å². The van der Waals surface area contributed by atoms with Crippen LogP contribution in [0, 0.1) is 0 Å². The van der Waals surface area contributed by atoms with E-state index in [0.717, 1.165) is 6.08 Å². The molecule has 6 nitrogen and oxygen atoms in total. The normalized spacial score (nSPS) is 11.3. The van der Waals surface area contributed by atoms with Gasteiger partial charge in [0.05, 0.1) is 12.8 Å². The first-order valence-corrected chi connectivity index (χ1v) is 5.16. The van der Waals surface area contributed by atoms with Gasteiger partial charge in [-0.3, -0.25) is 0 Å². The summed E-state index contributed by atoms with van der Waals surface area (Å²) in [6.45, 7) is 1.54. The first-order chi connectivity index (χ1) is 8.61. The summed E-state index contributed by atoms with van der Waals surface area (Å²) >= 11 is 0. The Balaban J connectivity index is 2.55. The summed E-state index contributed by atoms with van der Waals surface area (Å²) in [6, 6.07) is 8.25. The number of allylic oxidation sites excluding steroid dienone is 1. The van der Waals surface area contributed by atoms with E-state index in [2.05, 4.69) is 20.3 Å². The van der Waals surface area contributed by atoms with Crippen molar-refractivity contribution in [2.24, 2.45) is 10.2 Å². The molecule has 1 aromatic rings. The summed E-state index contributed by atoms with van der Waals surface area (Å²) in [5.41, 5.74) is 0.904. The number of benzene rings is 1. The number of azo groups is 1. The largest absolute Gasteiger partial charge is 0.466 e. The minimum atomic E-state index is -0.612. The van der Waals surface area contributed by atoms with E-state index in [9.17, 15) is 9.59 Å². The number of nitrogens with zero attached hydrogens (tertiary/aromatic N) is 2. The van der Waals surface area contributed by atoms with E-state index in [4.69, 9.17) is 0 Å².